The number of furan rings is 1. The first-order chi connectivity index (χ1) is 12.9. The summed E-state index contributed by atoms with van der Waals surface area (Å²) in [5.41, 5.74) is 3.07. The van der Waals surface area contributed by atoms with E-state index in [1.54, 1.807) is 19.1 Å². The maximum Gasteiger partial charge on any atom is 0.307 e. The number of carbonyl (C=O) groups excluding carboxylic acids is 2. The molecule has 0 saturated heterocycles. The van der Waals surface area contributed by atoms with Gasteiger partial charge in [-0.2, -0.15) is 0 Å². The smallest absolute Gasteiger partial charge is 0.307 e. The van der Waals surface area contributed by atoms with Gasteiger partial charge in [-0.25, -0.2) is 0 Å². The zero-order chi connectivity index (χ0) is 19.6. The van der Waals surface area contributed by atoms with Crippen LogP contribution in [0.5, 0.6) is 0 Å². The molecule has 0 radical (unpaired) electrons. The van der Waals surface area contributed by atoms with Gasteiger partial charge in [-0.3, -0.25) is 9.59 Å². The Hall–Kier alpha value is -2.79. The summed E-state index contributed by atoms with van der Waals surface area (Å²) in [7, 11) is 1.32. The number of fused-ring (bicyclic) bond motifs is 1. The number of amides is 1. The Bertz CT molecular complexity index is 991. The van der Waals surface area contributed by atoms with Crippen LogP contribution in [0, 0.1) is 13.8 Å². The van der Waals surface area contributed by atoms with E-state index in [0.717, 1.165) is 16.5 Å². The first-order valence-electron chi connectivity index (χ1n) is 8.52. The number of hydrogen-bond acceptors (Lipinski definition) is 4. The van der Waals surface area contributed by atoms with Gasteiger partial charge >= 0.3 is 5.97 Å². The molecular formula is C21H20ClNO4. The summed E-state index contributed by atoms with van der Waals surface area (Å²) in [5, 5.41) is 4.11. The number of hydrogen-bond donors (Lipinski definition) is 1. The Morgan fingerprint density at radius 2 is 1.85 bits per heavy atom. The maximum absolute atomic E-state index is 12.9. The lowest BCUT2D eigenvalue weighted by Crippen LogP contribution is -2.30. The van der Waals surface area contributed by atoms with Crippen LogP contribution < -0.4 is 5.32 Å². The minimum atomic E-state index is -0.534. The zero-order valence-electron chi connectivity index (χ0n) is 15.3. The van der Waals surface area contributed by atoms with Crippen LogP contribution in [0.15, 0.2) is 46.9 Å². The van der Waals surface area contributed by atoms with Gasteiger partial charge < -0.3 is 14.5 Å². The van der Waals surface area contributed by atoms with E-state index in [9.17, 15) is 9.59 Å². The van der Waals surface area contributed by atoms with Crippen molar-refractivity contribution in [1.82, 2.24) is 5.32 Å². The number of benzene rings is 2. The summed E-state index contributed by atoms with van der Waals surface area (Å²) in [6, 6.07) is 12.5. The number of aryl methyl sites for hydroxylation is 2. The molecule has 1 aromatic heterocycles. The largest absolute Gasteiger partial charge is 0.469 e. The topological polar surface area (TPSA) is 68.5 Å². The molecule has 0 spiro atoms. The monoisotopic (exact) mass is 385 g/mol. The summed E-state index contributed by atoms with van der Waals surface area (Å²) in [4.78, 5) is 24.7. The third kappa shape index (κ3) is 3.98. The Morgan fingerprint density at radius 1 is 1.15 bits per heavy atom. The molecule has 5 nitrogen and oxygen atoms in total. The normalized spacial score (nSPS) is 12.0. The Kier molecular flexibility index (Phi) is 5.51. The molecular weight excluding hydrogens is 366 g/mol. The molecule has 1 heterocycles. The van der Waals surface area contributed by atoms with Gasteiger partial charge in [-0.1, -0.05) is 53.6 Å². The van der Waals surface area contributed by atoms with Gasteiger partial charge in [0.2, 0.25) is 0 Å². The van der Waals surface area contributed by atoms with Crippen molar-refractivity contribution in [2.45, 2.75) is 26.3 Å². The fourth-order valence-corrected chi connectivity index (χ4v) is 3.16. The van der Waals surface area contributed by atoms with Crippen molar-refractivity contribution in [2.24, 2.45) is 0 Å². The number of carbonyl (C=O) groups is 2. The van der Waals surface area contributed by atoms with Gasteiger partial charge in [0, 0.05) is 10.9 Å². The van der Waals surface area contributed by atoms with Crippen LogP contribution in [0.4, 0.5) is 0 Å². The van der Waals surface area contributed by atoms with E-state index in [-0.39, 0.29) is 12.2 Å². The van der Waals surface area contributed by atoms with Crippen molar-refractivity contribution in [1.29, 1.82) is 0 Å². The van der Waals surface area contributed by atoms with E-state index >= 15 is 0 Å². The van der Waals surface area contributed by atoms with Crippen molar-refractivity contribution in [2.75, 3.05) is 7.11 Å². The van der Waals surface area contributed by atoms with E-state index in [1.807, 2.05) is 37.3 Å². The lowest BCUT2D eigenvalue weighted by molar-refractivity contribution is -0.141. The number of ether oxygens (including phenoxy) is 1. The quantitative estimate of drug-likeness (QED) is 0.644. The summed E-state index contributed by atoms with van der Waals surface area (Å²) in [5.74, 6) is -0.639. The van der Waals surface area contributed by atoms with E-state index in [2.05, 4.69) is 5.32 Å². The van der Waals surface area contributed by atoms with Crippen LogP contribution in [-0.4, -0.2) is 19.0 Å². The van der Waals surface area contributed by atoms with Gasteiger partial charge in [0.05, 0.1) is 24.6 Å². The van der Waals surface area contributed by atoms with Gasteiger partial charge in [0.1, 0.15) is 0 Å². The lowest BCUT2D eigenvalue weighted by Gasteiger charge is -2.18. The Morgan fingerprint density at radius 3 is 2.48 bits per heavy atom. The van der Waals surface area contributed by atoms with Crippen molar-refractivity contribution in [3.05, 3.63) is 69.9 Å². The van der Waals surface area contributed by atoms with E-state index in [4.69, 9.17) is 20.8 Å². The van der Waals surface area contributed by atoms with Crippen LogP contribution in [0.1, 0.15) is 39.7 Å². The lowest BCUT2D eigenvalue weighted by atomic mass is 10.0. The molecule has 3 aromatic rings. The molecule has 27 heavy (non-hydrogen) atoms. The molecule has 0 bridgehead atoms. The minimum absolute atomic E-state index is 0.0192. The molecule has 1 amide bonds. The molecule has 1 N–H and O–H groups in total. The van der Waals surface area contributed by atoms with Crippen LogP contribution in [-0.2, 0) is 9.53 Å². The van der Waals surface area contributed by atoms with Crippen molar-refractivity contribution < 1.29 is 18.7 Å². The number of halogens is 1. The van der Waals surface area contributed by atoms with Gasteiger partial charge in [0.15, 0.2) is 11.3 Å². The highest BCUT2D eigenvalue weighted by Crippen LogP contribution is 2.31. The van der Waals surface area contributed by atoms with E-state index in [0.29, 0.717) is 16.2 Å². The van der Waals surface area contributed by atoms with Crippen LogP contribution in [0.25, 0.3) is 11.0 Å². The fourth-order valence-electron chi connectivity index (χ4n) is 2.95. The second kappa shape index (κ2) is 7.84. The molecule has 2 aromatic carbocycles. The molecule has 0 aliphatic carbocycles. The van der Waals surface area contributed by atoms with Crippen molar-refractivity contribution >= 4 is 34.4 Å². The summed E-state index contributed by atoms with van der Waals surface area (Å²) in [6.07, 6.45) is 0.0192. The highest BCUT2D eigenvalue weighted by molar-refractivity contribution is 6.35. The van der Waals surface area contributed by atoms with Crippen LogP contribution in [0.3, 0.4) is 0 Å². The standard InChI is InChI=1S/C21H20ClNO4/c1-12-7-9-14(10-8-12)17(11-18(24)26-3)23-21(25)19-13(2)15-5-4-6-16(22)20(15)27-19/h4-10,17H,11H2,1-3H3,(H,23,25). The second-order valence-corrected chi connectivity index (χ2v) is 6.80. The first-order valence-corrected chi connectivity index (χ1v) is 8.90. The van der Waals surface area contributed by atoms with Gasteiger partial charge in [0.25, 0.3) is 5.91 Å². The molecule has 0 aliphatic heterocycles. The van der Waals surface area contributed by atoms with Crippen molar-refractivity contribution in [3.8, 4) is 0 Å². The average Bonchev–Trinajstić information content (AvgIpc) is 3.00. The van der Waals surface area contributed by atoms with E-state index in [1.165, 1.54) is 7.11 Å². The average molecular weight is 386 g/mol. The first kappa shape index (κ1) is 19.0. The van der Waals surface area contributed by atoms with Crippen molar-refractivity contribution in [3.63, 3.8) is 0 Å². The molecule has 6 heteroatoms. The summed E-state index contributed by atoms with van der Waals surface area (Å²) < 4.78 is 10.5. The summed E-state index contributed by atoms with van der Waals surface area (Å²) in [6.45, 7) is 3.78. The molecule has 0 aliphatic rings. The van der Waals surface area contributed by atoms with E-state index < -0.39 is 17.9 Å². The highest BCUT2D eigenvalue weighted by Gasteiger charge is 2.24. The summed E-state index contributed by atoms with van der Waals surface area (Å²) >= 11 is 6.16. The Labute approximate surface area is 162 Å². The molecule has 140 valence electrons. The third-order valence-electron chi connectivity index (χ3n) is 4.51. The molecule has 1 atom stereocenters. The molecule has 1 unspecified atom stereocenters. The Balaban J connectivity index is 1.92. The SMILES string of the molecule is COC(=O)CC(NC(=O)c1oc2c(Cl)cccc2c1C)c1ccc(C)cc1. The number of methoxy groups -OCH3 is 1. The fraction of sp³-hybridized carbons (Fsp3) is 0.238. The second-order valence-electron chi connectivity index (χ2n) is 6.39. The minimum Gasteiger partial charge on any atom is -0.469 e. The highest BCUT2D eigenvalue weighted by atomic mass is 35.5. The van der Waals surface area contributed by atoms with Crippen LogP contribution in [0.2, 0.25) is 5.02 Å². The molecule has 0 saturated carbocycles. The maximum atomic E-state index is 12.9. The number of nitrogens with one attached hydrogen (secondary N) is 1. The number of esters is 1. The predicted octanol–water partition coefficient (Wildman–Crippen LogP) is 4.74. The van der Waals surface area contributed by atoms with Gasteiger partial charge in [-0.15, -0.1) is 0 Å². The number of rotatable bonds is 5. The van der Waals surface area contributed by atoms with Crippen LogP contribution >= 0.6 is 11.6 Å². The third-order valence-corrected chi connectivity index (χ3v) is 4.80. The predicted molar refractivity (Wildman–Crippen MR) is 104 cm³/mol. The molecule has 3 rings (SSSR count). The molecule has 0 fully saturated rings. The zero-order valence-corrected chi connectivity index (χ0v) is 16.1. The van der Waals surface area contributed by atoms with Gasteiger partial charge in [-0.05, 0) is 25.5 Å². The number of para-hydroxylation sites is 1.